The van der Waals surface area contributed by atoms with Crippen LogP contribution in [0.2, 0.25) is 0 Å². The Hall–Kier alpha value is -3.75. The number of imide groups is 1. The van der Waals surface area contributed by atoms with E-state index in [0.29, 0.717) is 18.0 Å². The van der Waals surface area contributed by atoms with Gasteiger partial charge in [0, 0.05) is 23.2 Å². The normalized spacial score (nSPS) is 16.2. The summed E-state index contributed by atoms with van der Waals surface area (Å²) in [7, 11) is 0. The van der Waals surface area contributed by atoms with E-state index in [9.17, 15) is 24.5 Å². The summed E-state index contributed by atoms with van der Waals surface area (Å²) in [6.07, 6.45) is -0.151. The van der Waals surface area contributed by atoms with Crippen molar-refractivity contribution in [3.05, 3.63) is 64.2 Å². The molecule has 32 heavy (non-hydrogen) atoms. The quantitative estimate of drug-likeness (QED) is 0.387. The van der Waals surface area contributed by atoms with Gasteiger partial charge in [-0.2, -0.15) is 0 Å². The molecule has 0 radical (unpaired) electrons. The van der Waals surface area contributed by atoms with Crippen molar-refractivity contribution in [2.45, 2.75) is 45.7 Å². The van der Waals surface area contributed by atoms with E-state index in [1.807, 2.05) is 6.92 Å². The van der Waals surface area contributed by atoms with Crippen molar-refractivity contribution in [3.63, 3.8) is 0 Å². The molecule has 1 aliphatic rings. The number of anilines is 1. The molecule has 0 N–H and O–H groups in total. The third-order valence-corrected chi connectivity index (χ3v) is 5.11. The Morgan fingerprint density at radius 2 is 1.72 bits per heavy atom. The van der Waals surface area contributed by atoms with Crippen LogP contribution in [0.15, 0.2) is 48.5 Å². The SMILES string of the molecule is CCOc1ccc(N2C(=O)CC(N(C(=O)c3ccc([N+](=O)[O-])cc3)C(C)(C)C)C2=O)cc1. The Balaban J connectivity index is 1.91. The number of non-ortho nitro benzene ring substituents is 1. The predicted octanol–water partition coefficient (Wildman–Crippen LogP) is 3.57. The molecule has 2 aromatic rings. The zero-order valence-electron chi connectivity index (χ0n) is 18.4. The Morgan fingerprint density at radius 1 is 1.12 bits per heavy atom. The first-order chi connectivity index (χ1) is 15.0. The second-order valence-corrected chi connectivity index (χ2v) is 8.36. The van der Waals surface area contributed by atoms with E-state index >= 15 is 0 Å². The Bertz CT molecular complexity index is 1040. The van der Waals surface area contributed by atoms with Crippen LogP contribution in [0.5, 0.6) is 5.75 Å². The van der Waals surface area contributed by atoms with E-state index in [4.69, 9.17) is 4.74 Å². The molecule has 1 saturated heterocycles. The van der Waals surface area contributed by atoms with E-state index in [1.165, 1.54) is 29.2 Å². The fourth-order valence-corrected chi connectivity index (χ4v) is 3.73. The highest BCUT2D eigenvalue weighted by atomic mass is 16.6. The van der Waals surface area contributed by atoms with Crippen molar-refractivity contribution >= 4 is 29.1 Å². The third-order valence-electron chi connectivity index (χ3n) is 5.11. The van der Waals surface area contributed by atoms with Crippen LogP contribution < -0.4 is 9.64 Å². The second-order valence-electron chi connectivity index (χ2n) is 8.36. The number of nitro groups is 1. The minimum absolute atomic E-state index is 0.141. The van der Waals surface area contributed by atoms with Crippen LogP contribution in [0.4, 0.5) is 11.4 Å². The highest BCUT2D eigenvalue weighted by Gasteiger charge is 2.47. The molecule has 2 aromatic carbocycles. The molecule has 1 heterocycles. The predicted molar refractivity (Wildman–Crippen MR) is 118 cm³/mol. The molecule has 0 aromatic heterocycles. The average molecular weight is 439 g/mol. The molecular weight excluding hydrogens is 414 g/mol. The highest BCUT2D eigenvalue weighted by Crippen LogP contribution is 2.32. The number of hydrogen-bond donors (Lipinski definition) is 0. The van der Waals surface area contributed by atoms with Crippen molar-refractivity contribution in [2.75, 3.05) is 11.5 Å². The van der Waals surface area contributed by atoms with Crippen molar-refractivity contribution in [1.29, 1.82) is 0 Å². The van der Waals surface area contributed by atoms with Crippen LogP contribution in [-0.4, -0.2) is 45.7 Å². The zero-order chi connectivity index (χ0) is 23.6. The standard InChI is InChI=1S/C23H25N3O6/c1-5-32-18-12-10-16(11-13-18)24-20(27)14-19(22(24)29)25(23(2,3)4)21(28)15-6-8-17(9-7-15)26(30)31/h6-13,19H,5,14H2,1-4H3. The topological polar surface area (TPSA) is 110 Å². The number of benzene rings is 2. The van der Waals surface area contributed by atoms with E-state index in [-0.39, 0.29) is 17.7 Å². The molecule has 0 saturated carbocycles. The van der Waals surface area contributed by atoms with Crippen LogP contribution >= 0.6 is 0 Å². The molecule has 1 unspecified atom stereocenters. The van der Waals surface area contributed by atoms with Gasteiger partial charge in [0.2, 0.25) is 5.91 Å². The molecule has 0 aliphatic carbocycles. The minimum atomic E-state index is -0.989. The number of carbonyl (C=O) groups is 3. The maximum atomic E-state index is 13.3. The molecule has 9 nitrogen and oxygen atoms in total. The summed E-state index contributed by atoms with van der Waals surface area (Å²) < 4.78 is 5.40. The molecule has 3 amide bonds. The van der Waals surface area contributed by atoms with Crippen LogP contribution in [-0.2, 0) is 9.59 Å². The molecule has 0 spiro atoms. The van der Waals surface area contributed by atoms with E-state index in [2.05, 4.69) is 0 Å². The number of rotatable bonds is 6. The summed E-state index contributed by atoms with van der Waals surface area (Å²) in [5.74, 6) is -0.761. The summed E-state index contributed by atoms with van der Waals surface area (Å²) >= 11 is 0. The Labute approximate surface area is 185 Å². The van der Waals surface area contributed by atoms with Gasteiger partial charge in [0.05, 0.1) is 23.6 Å². The number of amides is 3. The number of hydrogen-bond acceptors (Lipinski definition) is 6. The zero-order valence-corrected chi connectivity index (χ0v) is 18.4. The summed E-state index contributed by atoms with van der Waals surface area (Å²) in [6.45, 7) is 7.66. The van der Waals surface area contributed by atoms with Crippen molar-refractivity contribution in [1.82, 2.24) is 4.90 Å². The largest absolute Gasteiger partial charge is 0.494 e. The summed E-state index contributed by atoms with van der Waals surface area (Å²) in [4.78, 5) is 52.2. The maximum absolute atomic E-state index is 13.3. The summed E-state index contributed by atoms with van der Waals surface area (Å²) in [5.41, 5.74) is -0.320. The fraction of sp³-hybridized carbons (Fsp3) is 0.348. The van der Waals surface area contributed by atoms with Gasteiger partial charge in [-0.25, -0.2) is 4.90 Å². The number of ether oxygens (including phenoxy) is 1. The van der Waals surface area contributed by atoms with Crippen molar-refractivity contribution in [3.8, 4) is 5.75 Å². The van der Waals surface area contributed by atoms with Crippen LogP contribution in [0.3, 0.4) is 0 Å². The third kappa shape index (κ3) is 4.46. The lowest BCUT2D eigenvalue weighted by molar-refractivity contribution is -0.384. The van der Waals surface area contributed by atoms with Gasteiger partial charge in [-0.15, -0.1) is 0 Å². The first-order valence-electron chi connectivity index (χ1n) is 10.2. The van der Waals surface area contributed by atoms with Gasteiger partial charge in [0.15, 0.2) is 0 Å². The molecular formula is C23H25N3O6. The van der Waals surface area contributed by atoms with Gasteiger partial charge in [0.1, 0.15) is 11.8 Å². The van der Waals surface area contributed by atoms with Crippen molar-refractivity contribution < 1.29 is 24.0 Å². The Kier molecular flexibility index (Phi) is 6.29. The lowest BCUT2D eigenvalue weighted by atomic mass is 9.99. The molecule has 1 fully saturated rings. The van der Waals surface area contributed by atoms with E-state index in [1.54, 1.807) is 45.0 Å². The smallest absolute Gasteiger partial charge is 0.269 e. The van der Waals surface area contributed by atoms with Crippen LogP contribution in [0.25, 0.3) is 0 Å². The van der Waals surface area contributed by atoms with E-state index < -0.39 is 34.2 Å². The monoisotopic (exact) mass is 439 g/mol. The van der Waals surface area contributed by atoms with Gasteiger partial charge in [0.25, 0.3) is 17.5 Å². The lowest BCUT2D eigenvalue weighted by Gasteiger charge is -2.39. The van der Waals surface area contributed by atoms with E-state index in [0.717, 1.165) is 4.90 Å². The number of nitrogens with zero attached hydrogens (tertiary/aromatic N) is 3. The molecule has 1 atom stereocenters. The molecule has 3 rings (SSSR count). The Morgan fingerprint density at radius 3 is 2.22 bits per heavy atom. The van der Waals surface area contributed by atoms with Gasteiger partial charge in [-0.3, -0.25) is 24.5 Å². The number of nitro benzene ring substituents is 1. The summed E-state index contributed by atoms with van der Waals surface area (Å²) in [5, 5.41) is 10.9. The van der Waals surface area contributed by atoms with Crippen LogP contribution in [0, 0.1) is 10.1 Å². The second kappa shape index (κ2) is 8.78. The molecule has 168 valence electrons. The minimum Gasteiger partial charge on any atom is -0.494 e. The van der Waals surface area contributed by atoms with Gasteiger partial charge < -0.3 is 9.64 Å². The first kappa shape index (κ1) is 22.9. The molecule has 1 aliphatic heterocycles. The van der Waals surface area contributed by atoms with Gasteiger partial charge in [-0.1, -0.05) is 0 Å². The average Bonchev–Trinajstić information content (AvgIpc) is 3.01. The van der Waals surface area contributed by atoms with Crippen molar-refractivity contribution in [2.24, 2.45) is 0 Å². The molecule has 9 heteroatoms. The van der Waals surface area contributed by atoms with Gasteiger partial charge in [-0.05, 0) is 64.1 Å². The highest BCUT2D eigenvalue weighted by molar-refractivity contribution is 6.23. The number of carbonyl (C=O) groups excluding carboxylic acids is 3. The lowest BCUT2D eigenvalue weighted by Crippen LogP contribution is -2.54. The first-order valence-corrected chi connectivity index (χ1v) is 10.2. The molecule has 0 bridgehead atoms. The fourth-order valence-electron chi connectivity index (χ4n) is 3.73. The maximum Gasteiger partial charge on any atom is 0.269 e. The summed E-state index contributed by atoms with van der Waals surface area (Å²) in [6, 6.07) is 10.8. The van der Waals surface area contributed by atoms with Gasteiger partial charge >= 0.3 is 0 Å². The van der Waals surface area contributed by atoms with Crippen LogP contribution in [0.1, 0.15) is 44.5 Å².